The van der Waals surface area contributed by atoms with Crippen LogP contribution in [0, 0.1) is 0 Å². The molecule has 0 atom stereocenters. The Bertz CT molecular complexity index is 1140. The van der Waals surface area contributed by atoms with E-state index >= 15 is 0 Å². The van der Waals surface area contributed by atoms with Gasteiger partial charge >= 0.3 is 6.09 Å². The minimum absolute atomic E-state index is 0.112. The molecular weight excluding hydrogens is 396 g/mol. The van der Waals surface area contributed by atoms with E-state index in [1.165, 1.54) is 17.4 Å². The number of amides is 2. The van der Waals surface area contributed by atoms with Crippen LogP contribution < -0.4 is 10.2 Å². The highest BCUT2D eigenvalue weighted by atomic mass is 35.5. The standard InChI is InChI=1S/C19H17ClN6O3/c1-11(2)29-19(28)23-12-6-22-18-24-16(9-25(18)8-12)14-5-13(3-4-15(14)20)26-10-21-7-17(26)27/h3-6,8-11H,7H2,1-2H3,(H,23,28). The second-order valence-electron chi connectivity index (χ2n) is 6.64. The van der Waals surface area contributed by atoms with Crippen molar-refractivity contribution in [1.29, 1.82) is 0 Å². The summed E-state index contributed by atoms with van der Waals surface area (Å²) < 4.78 is 6.74. The molecule has 2 aromatic heterocycles. The lowest BCUT2D eigenvalue weighted by molar-refractivity contribution is -0.115. The molecule has 9 nitrogen and oxygen atoms in total. The number of hydrogen-bond acceptors (Lipinski definition) is 6. The quantitative estimate of drug-likeness (QED) is 0.707. The predicted octanol–water partition coefficient (Wildman–Crippen LogP) is 3.38. The summed E-state index contributed by atoms with van der Waals surface area (Å²) in [4.78, 5) is 37.9. The van der Waals surface area contributed by atoms with Crippen LogP contribution in [0.1, 0.15) is 13.8 Å². The van der Waals surface area contributed by atoms with Crippen LogP contribution in [-0.2, 0) is 9.53 Å². The lowest BCUT2D eigenvalue weighted by Gasteiger charge is -2.13. The molecule has 1 aromatic carbocycles. The molecule has 1 N–H and O–H groups in total. The number of imidazole rings is 1. The Balaban J connectivity index is 1.65. The highest BCUT2D eigenvalue weighted by Gasteiger charge is 2.20. The smallest absolute Gasteiger partial charge is 0.411 e. The van der Waals surface area contributed by atoms with Gasteiger partial charge in [0.2, 0.25) is 5.78 Å². The maximum Gasteiger partial charge on any atom is 0.411 e. The van der Waals surface area contributed by atoms with Crippen LogP contribution in [0.25, 0.3) is 17.0 Å². The number of hydrogen-bond donors (Lipinski definition) is 1. The number of carbonyl (C=O) groups excluding carboxylic acids is 2. The van der Waals surface area contributed by atoms with E-state index in [0.717, 1.165) is 0 Å². The Labute approximate surface area is 171 Å². The second-order valence-corrected chi connectivity index (χ2v) is 7.05. The van der Waals surface area contributed by atoms with E-state index in [-0.39, 0.29) is 18.6 Å². The molecule has 3 heterocycles. The molecule has 0 bridgehead atoms. The van der Waals surface area contributed by atoms with Crippen LogP contribution >= 0.6 is 11.6 Å². The number of rotatable bonds is 4. The molecule has 10 heteroatoms. The van der Waals surface area contributed by atoms with Gasteiger partial charge in [0.1, 0.15) is 6.54 Å². The Morgan fingerprint density at radius 2 is 2.14 bits per heavy atom. The van der Waals surface area contributed by atoms with Gasteiger partial charge in [-0.1, -0.05) is 11.6 Å². The Hall–Kier alpha value is -3.46. The minimum Gasteiger partial charge on any atom is -0.447 e. The summed E-state index contributed by atoms with van der Waals surface area (Å²) >= 11 is 6.37. The SMILES string of the molecule is CC(C)OC(=O)Nc1cnc2nc(-c3cc(N4C=NCC4=O)ccc3Cl)cn2c1. The Kier molecular flexibility index (Phi) is 4.89. The van der Waals surface area contributed by atoms with Crippen molar-refractivity contribution in [2.75, 3.05) is 16.8 Å². The minimum atomic E-state index is -0.561. The average molecular weight is 413 g/mol. The van der Waals surface area contributed by atoms with Gasteiger partial charge in [-0.2, -0.15) is 0 Å². The fraction of sp³-hybridized carbons (Fsp3) is 0.211. The molecule has 0 unspecified atom stereocenters. The molecule has 0 saturated heterocycles. The molecule has 148 valence electrons. The van der Waals surface area contributed by atoms with E-state index in [1.54, 1.807) is 48.8 Å². The molecular formula is C19H17ClN6O3. The number of aromatic nitrogens is 3. The van der Waals surface area contributed by atoms with Gasteiger partial charge in [0, 0.05) is 18.0 Å². The largest absolute Gasteiger partial charge is 0.447 e. The summed E-state index contributed by atoms with van der Waals surface area (Å²) in [7, 11) is 0. The monoisotopic (exact) mass is 412 g/mol. The van der Waals surface area contributed by atoms with Gasteiger partial charge in [0.25, 0.3) is 5.91 Å². The van der Waals surface area contributed by atoms with Crippen molar-refractivity contribution in [3.63, 3.8) is 0 Å². The van der Waals surface area contributed by atoms with Crippen LogP contribution in [0.15, 0.2) is 41.8 Å². The summed E-state index contributed by atoms with van der Waals surface area (Å²) in [6.07, 6.45) is 5.61. The first-order valence-corrected chi connectivity index (χ1v) is 9.23. The normalized spacial score (nSPS) is 13.5. The molecule has 0 radical (unpaired) electrons. The molecule has 0 spiro atoms. The highest BCUT2D eigenvalue weighted by Crippen LogP contribution is 2.32. The number of nitrogens with one attached hydrogen (secondary N) is 1. The lowest BCUT2D eigenvalue weighted by Crippen LogP contribution is -2.25. The number of anilines is 2. The van der Waals surface area contributed by atoms with Crippen molar-refractivity contribution in [3.8, 4) is 11.3 Å². The van der Waals surface area contributed by atoms with Crippen molar-refractivity contribution in [2.24, 2.45) is 4.99 Å². The third-order valence-corrected chi connectivity index (χ3v) is 4.43. The number of carbonyl (C=O) groups is 2. The van der Waals surface area contributed by atoms with E-state index in [1.807, 2.05) is 0 Å². The highest BCUT2D eigenvalue weighted by molar-refractivity contribution is 6.33. The maximum absolute atomic E-state index is 11.9. The molecule has 1 aliphatic rings. The number of nitrogens with zero attached hydrogens (tertiary/aromatic N) is 5. The second kappa shape index (κ2) is 7.51. The van der Waals surface area contributed by atoms with Crippen LogP contribution in [0.3, 0.4) is 0 Å². The topological polar surface area (TPSA) is 101 Å². The molecule has 29 heavy (non-hydrogen) atoms. The number of fused-ring (bicyclic) bond motifs is 1. The van der Waals surface area contributed by atoms with Gasteiger partial charge in [-0.3, -0.25) is 24.4 Å². The summed E-state index contributed by atoms with van der Waals surface area (Å²) in [5.74, 6) is 0.321. The third-order valence-electron chi connectivity index (χ3n) is 4.10. The van der Waals surface area contributed by atoms with Gasteiger partial charge in [-0.05, 0) is 32.0 Å². The number of benzene rings is 1. The number of ether oxygens (including phenoxy) is 1. The molecule has 3 aromatic rings. The Morgan fingerprint density at radius 1 is 1.31 bits per heavy atom. The zero-order valence-electron chi connectivity index (χ0n) is 15.7. The van der Waals surface area contributed by atoms with Gasteiger partial charge in [-0.25, -0.2) is 14.8 Å². The van der Waals surface area contributed by atoms with Crippen molar-refractivity contribution in [1.82, 2.24) is 14.4 Å². The van der Waals surface area contributed by atoms with Crippen molar-refractivity contribution >= 4 is 47.1 Å². The van der Waals surface area contributed by atoms with E-state index in [2.05, 4.69) is 20.3 Å². The van der Waals surface area contributed by atoms with Gasteiger partial charge in [0.05, 0.1) is 40.7 Å². The van der Waals surface area contributed by atoms with Crippen LogP contribution in [-0.4, -0.2) is 45.4 Å². The van der Waals surface area contributed by atoms with Crippen LogP contribution in [0.5, 0.6) is 0 Å². The summed E-state index contributed by atoms with van der Waals surface area (Å²) in [6.45, 7) is 3.66. The summed E-state index contributed by atoms with van der Waals surface area (Å²) in [5, 5.41) is 3.11. The van der Waals surface area contributed by atoms with E-state index in [9.17, 15) is 9.59 Å². The first kappa shape index (κ1) is 18.9. The zero-order chi connectivity index (χ0) is 20.5. The molecule has 0 aliphatic carbocycles. The van der Waals surface area contributed by atoms with E-state index in [0.29, 0.717) is 33.4 Å². The van der Waals surface area contributed by atoms with Gasteiger partial charge in [-0.15, -0.1) is 0 Å². The van der Waals surface area contributed by atoms with Gasteiger partial charge < -0.3 is 4.74 Å². The predicted molar refractivity (Wildman–Crippen MR) is 110 cm³/mol. The number of aliphatic imine (C=N–C) groups is 1. The fourth-order valence-corrected chi connectivity index (χ4v) is 3.07. The molecule has 0 fully saturated rings. The summed E-state index contributed by atoms with van der Waals surface area (Å²) in [6, 6.07) is 5.23. The zero-order valence-corrected chi connectivity index (χ0v) is 16.4. The maximum atomic E-state index is 11.9. The number of halogens is 1. The van der Waals surface area contributed by atoms with Gasteiger partial charge in [0.15, 0.2) is 0 Å². The lowest BCUT2D eigenvalue weighted by atomic mass is 10.1. The van der Waals surface area contributed by atoms with Crippen molar-refractivity contribution < 1.29 is 14.3 Å². The average Bonchev–Trinajstić information content (AvgIpc) is 3.27. The van der Waals surface area contributed by atoms with Crippen molar-refractivity contribution in [2.45, 2.75) is 20.0 Å². The summed E-state index contributed by atoms with van der Waals surface area (Å²) in [5.41, 5.74) is 2.34. The molecule has 0 saturated carbocycles. The first-order chi connectivity index (χ1) is 13.9. The molecule has 1 aliphatic heterocycles. The molecule has 2 amide bonds. The third kappa shape index (κ3) is 3.90. The fourth-order valence-electron chi connectivity index (χ4n) is 2.85. The molecule has 4 rings (SSSR count). The van der Waals surface area contributed by atoms with Crippen LogP contribution in [0.2, 0.25) is 5.02 Å². The van der Waals surface area contributed by atoms with Crippen LogP contribution in [0.4, 0.5) is 16.2 Å². The first-order valence-electron chi connectivity index (χ1n) is 8.85. The Morgan fingerprint density at radius 3 is 2.86 bits per heavy atom. The van der Waals surface area contributed by atoms with Crippen molar-refractivity contribution in [3.05, 3.63) is 41.8 Å². The van der Waals surface area contributed by atoms with E-state index < -0.39 is 6.09 Å². The van der Waals surface area contributed by atoms with E-state index in [4.69, 9.17) is 16.3 Å².